The Kier molecular flexibility index (Phi) is 5.75. The molecule has 1 aromatic heterocycles. The van der Waals surface area contributed by atoms with Crippen molar-refractivity contribution in [1.29, 1.82) is 5.26 Å². The number of rotatable bonds is 3. The van der Waals surface area contributed by atoms with E-state index in [-0.39, 0.29) is 10.8 Å². The van der Waals surface area contributed by atoms with Crippen molar-refractivity contribution in [3.63, 3.8) is 0 Å². The summed E-state index contributed by atoms with van der Waals surface area (Å²) in [6.45, 7) is 9.46. The number of para-hydroxylation sites is 2. The second-order valence-corrected chi connectivity index (χ2v) is 14.9. The molecular weight excluding hydrogens is 609 g/mol. The molecule has 3 heteroatoms. The minimum atomic E-state index is -0.155. The van der Waals surface area contributed by atoms with Gasteiger partial charge in [-0.25, -0.2) is 0 Å². The average Bonchev–Trinajstić information content (AvgIpc) is 3.71. The summed E-state index contributed by atoms with van der Waals surface area (Å²) < 4.78 is 6.54. The van der Waals surface area contributed by atoms with Gasteiger partial charge in [0.25, 0.3) is 0 Å². The lowest BCUT2D eigenvalue weighted by molar-refractivity contribution is 0.652. The van der Waals surface area contributed by atoms with E-state index in [2.05, 4.69) is 136 Å². The third-order valence-corrected chi connectivity index (χ3v) is 11.5. The second-order valence-electron chi connectivity index (χ2n) is 14.9. The number of fused-ring (bicyclic) bond motifs is 10. The highest BCUT2D eigenvalue weighted by Gasteiger charge is 2.41. The van der Waals surface area contributed by atoms with Crippen molar-refractivity contribution in [3.8, 4) is 28.3 Å². The van der Waals surface area contributed by atoms with Gasteiger partial charge in [0, 0.05) is 33.0 Å². The summed E-state index contributed by atoms with van der Waals surface area (Å²) in [6, 6.07) is 50.1. The van der Waals surface area contributed by atoms with Crippen LogP contribution < -0.4 is 4.90 Å². The Balaban J connectivity index is 1.16. The molecule has 0 unspecified atom stereocenters. The minimum Gasteiger partial charge on any atom is -0.454 e. The first-order valence-corrected chi connectivity index (χ1v) is 17.3. The van der Waals surface area contributed by atoms with Crippen LogP contribution in [0.1, 0.15) is 55.5 Å². The van der Waals surface area contributed by atoms with E-state index >= 15 is 0 Å². The summed E-state index contributed by atoms with van der Waals surface area (Å²) in [5.41, 5.74) is 16.1. The van der Waals surface area contributed by atoms with Crippen LogP contribution in [0.4, 0.5) is 17.1 Å². The highest BCUT2D eigenvalue weighted by atomic mass is 16.3. The van der Waals surface area contributed by atoms with E-state index in [0.29, 0.717) is 5.56 Å². The zero-order valence-corrected chi connectivity index (χ0v) is 28.5. The number of benzene rings is 7. The molecule has 50 heavy (non-hydrogen) atoms. The van der Waals surface area contributed by atoms with E-state index < -0.39 is 0 Å². The molecule has 0 spiro atoms. The van der Waals surface area contributed by atoms with E-state index in [0.717, 1.165) is 39.0 Å². The summed E-state index contributed by atoms with van der Waals surface area (Å²) in [6.07, 6.45) is 0. The largest absolute Gasteiger partial charge is 0.454 e. The predicted octanol–water partition coefficient (Wildman–Crippen LogP) is 12.7. The molecule has 0 atom stereocenters. The van der Waals surface area contributed by atoms with Gasteiger partial charge in [-0.2, -0.15) is 5.26 Å². The molecule has 0 bridgehead atoms. The van der Waals surface area contributed by atoms with Crippen molar-refractivity contribution in [2.24, 2.45) is 0 Å². The molecule has 2 aliphatic rings. The van der Waals surface area contributed by atoms with Gasteiger partial charge in [0.05, 0.1) is 17.3 Å². The van der Waals surface area contributed by atoms with Crippen LogP contribution in [0.5, 0.6) is 0 Å². The summed E-state index contributed by atoms with van der Waals surface area (Å²) in [7, 11) is 0. The summed E-state index contributed by atoms with van der Waals surface area (Å²) in [4.78, 5) is 2.25. The number of anilines is 3. The van der Waals surface area contributed by atoms with Gasteiger partial charge in [-0.1, -0.05) is 88.4 Å². The van der Waals surface area contributed by atoms with Crippen molar-refractivity contribution >= 4 is 49.8 Å². The van der Waals surface area contributed by atoms with Gasteiger partial charge in [0.2, 0.25) is 0 Å². The zero-order valence-electron chi connectivity index (χ0n) is 28.5. The maximum absolute atomic E-state index is 9.56. The van der Waals surface area contributed by atoms with Crippen LogP contribution in [0.25, 0.3) is 55.0 Å². The molecule has 0 N–H and O–H groups in total. The van der Waals surface area contributed by atoms with Gasteiger partial charge < -0.3 is 9.32 Å². The van der Waals surface area contributed by atoms with Gasteiger partial charge in [-0.3, -0.25) is 0 Å². The molecule has 0 aliphatic heterocycles. The van der Waals surface area contributed by atoms with E-state index in [4.69, 9.17) is 4.42 Å². The first-order valence-electron chi connectivity index (χ1n) is 17.3. The number of hydrogen-bond donors (Lipinski definition) is 0. The maximum Gasteiger partial charge on any atom is 0.159 e. The average molecular weight is 643 g/mol. The number of nitriles is 1. The highest BCUT2D eigenvalue weighted by molar-refractivity contribution is 6.10. The van der Waals surface area contributed by atoms with Gasteiger partial charge >= 0.3 is 0 Å². The van der Waals surface area contributed by atoms with Crippen molar-refractivity contribution in [3.05, 3.63) is 161 Å². The van der Waals surface area contributed by atoms with Crippen LogP contribution in [0.2, 0.25) is 0 Å². The Hall–Kier alpha value is -6.11. The molecule has 10 rings (SSSR count). The third-order valence-electron chi connectivity index (χ3n) is 11.5. The Labute approximate surface area is 291 Å². The Morgan fingerprint density at radius 1 is 0.520 bits per heavy atom. The van der Waals surface area contributed by atoms with Crippen molar-refractivity contribution in [2.75, 3.05) is 4.90 Å². The fraction of sp³-hybridized carbons (Fsp3) is 0.128. The topological polar surface area (TPSA) is 40.2 Å². The van der Waals surface area contributed by atoms with Crippen LogP contribution in [0.3, 0.4) is 0 Å². The molecule has 0 saturated heterocycles. The summed E-state index contributed by atoms with van der Waals surface area (Å²) in [5.74, 6) is 0. The molecule has 8 aromatic rings. The van der Waals surface area contributed by atoms with Gasteiger partial charge in [0.1, 0.15) is 5.58 Å². The first kappa shape index (κ1) is 28.9. The molecule has 2 aliphatic carbocycles. The lowest BCUT2D eigenvalue weighted by Gasteiger charge is -2.26. The Morgan fingerprint density at radius 3 is 1.96 bits per heavy atom. The van der Waals surface area contributed by atoms with Crippen LogP contribution >= 0.6 is 0 Å². The van der Waals surface area contributed by atoms with E-state index in [1.165, 1.54) is 55.3 Å². The fourth-order valence-corrected chi connectivity index (χ4v) is 8.82. The predicted molar refractivity (Wildman–Crippen MR) is 206 cm³/mol. The third kappa shape index (κ3) is 3.85. The van der Waals surface area contributed by atoms with Crippen LogP contribution in [0.15, 0.2) is 138 Å². The molecular formula is C47H34N2O. The summed E-state index contributed by atoms with van der Waals surface area (Å²) in [5, 5.41) is 14.1. The molecule has 0 saturated carbocycles. The SMILES string of the molecule is CC1(C)c2ccccc2-c2cc3c(cc21)-c1cc2ccc(N(c4ccc(C#N)cc4)c4cccc5c4oc4ccccc45)cc2cc1C3(C)C. The number of nitrogens with zero attached hydrogens (tertiary/aromatic N) is 2. The van der Waals surface area contributed by atoms with E-state index in [1.807, 2.05) is 36.4 Å². The lowest BCUT2D eigenvalue weighted by Crippen LogP contribution is -2.17. The smallest absolute Gasteiger partial charge is 0.159 e. The normalized spacial score (nSPS) is 14.7. The Bertz CT molecular complexity index is 2770. The van der Waals surface area contributed by atoms with E-state index in [1.54, 1.807) is 0 Å². The van der Waals surface area contributed by atoms with Crippen LogP contribution in [0, 0.1) is 11.3 Å². The molecule has 7 aromatic carbocycles. The fourth-order valence-electron chi connectivity index (χ4n) is 8.82. The maximum atomic E-state index is 9.56. The molecule has 1 heterocycles. The summed E-state index contributed by atoms with van der Waals surface area (Å²) >= 11 is 0. The van der Waals surface area contributed by atoms with Crippen molar-refractivity contribution in [2.45, 2.75) is 38.5 Å². The molecule has 0 amide bonds. The van der Waals surface area contributed by atoms with Gasteiger partial charge in [-0.05, 0) is 128 Å². The Morgan fingerprint density at radius 2 is 1.16 bits per heavy atom. The first-order chi connectivity index (χ1) is 24.2. The van der Waals surface area contributed by atoms with Gasteiger partial charge in [0.15, 0.2) is 5.58 Å². The van der Waals surface area contributed by atoms with Crippen LogP contribution in [-0.4, -0.2) is 0 Å². The monoisotopic (exact) mass is 642 g/mol. The molecule has 0 radical (unpaired) electrons. The minimum absolute atomic E-state index is 0.0444. The van der Waals surface area contributed by atoms with Gasteiger partial charge in [-0.15, -0.1) is 0 Å². The van der Waals surface area contributed by atoms with E-state index in [9.17, 15) is 5.26 Å². The molecule has 3 nitrogen and oxygen atoms in total. The van der Waals surface area contributed by atoms with Crippen molar-refractivity contribution < 1.29 is 4.42 Å². The quantitative estimate of drug-likeness (QED) is 0.193. The molecule has 0 fully saturated rings. The number of hydrogen-bond acceptors (Lipinski definition) is 3. The zero-order chi connectivity index (χ0) is 33.9. The lowest BCUT2D eigenvalue weighted by atomic mass is 9.79. The van der Waals surface area contributed by atoms with Crippen LogP contribution in [-0.2, 0) is 10.8 Å². The standard InChI is InChI=1S/C47H34N2O/c1-46(2)39-13-7-5-10-33(39)37-25-42-38(26-41(37)46)36-23-29-18-21-32(22-30(29)24-40(36)47(42,3)4)49(31-19-16-28(27-48)17-20-31)43-14-9-12-35-34-11-6-8-15-44(34)50-45(35)43/h5-26H,1-4H3. The van der Waals surface area contributed by atoms with Crippen molar-refractivity contribution in [1.82, 2.24) is 0 Å². The highest BCUT2D eigenvalue weighted by Crippen LogP contribution is 2.56. The molecule has 238 valence electrons. The number of furan rings is 1. The second kappa shape index (κ2) is 9.97.